The summed E-state index contributed by atoms with van der Waals surface area (Å²) in [6.45, 7) is 1.44. The number of methoxy groups -OCH3 is 2. The van der Waals surface area contributed by atoms with Crippen LogP contribution in [0.4, 0.5) is 0 Å². The summed E-state index contributed by atoms with van der Waals surface area (Å²) >= 11 is 0. The molecule has 2 aliphatic heterocycles. The normalized spacial score (nSPS) is 24.1. The molecule has 10 heteroatoms. The predicted octanol–water partition coefficient (Wildman–Crippen LogP) is 2.82. The average Bonchev–Trinajstić information content (AvgIpc) is 2.89. The monoisotopic (exact) mass is 512 g/mol. The standard InChI is InChI=1S/C27H28O10/c1-12-6-18(34-3)22-19(7-12)35-26(24(32)23(22)31)14-8-16(30)27-20(10-14)36-25(21(11-28)37-27)13-4-5-15(29)17(9-13)33-2/h4-10,21,23-26,28-32H,11H2,1-3H3. The third-order valence-corrected chi connectivity index (χ3v) is 6.61. The maximum absolute atomic E-state index is 11.0. The Kier molecular flexibility index (Phi) is 6.40. The van der Waals surface area contributed by atoms with Crippen molar-refractivity contribution in [3.05, 3.63) is 64.7 Å². The molecule has 196 valence electrons. The van der Waals surface area contributed by atoms with Crippen LogP contribution in [0.15, 0.2) is 42.5 Å². The summed E-state index contributed by atoms with van der Waals surface area (Å²) in [5.74, 6) is 0.791. The number of phenolic OH excluding ortho intramolecular Hbond substituents is 2. The molecular formula is C27H28O10. The summed E-state index contributed by atoms with van der Waals surface area (Å²) in [6.07, 6.45) is -5.41. The Morgan fingerprint density at radius 1 is 0.784 bits per heavy atom. The Morgan fingerprint density at radius 3 is 2.22 bits per heavy atom. The van der Waals surface area contributed by atoms with Crippen LogP contribution in [0.5, 0.6) is 40.2 Å². The Balaban J connectivity index is 1.53. The van der Waals surface area contributed by atoms with Crippen LogP contribution in [0.1, 0.15) is 40.6 Å². The van der Waals surface area contributed by atoms with Crippen LogP contribution in [0.3, 0.4) is 0 Å². The lowest BCUT2D eigenvalue weighted by molar-refractivity contribution is -0.0713. The molecule has 0 amide bonds. The van der Waals surface area contributed by atoms with E-state index in [-0.39, 0.29) is 28.7 Å². The molecule has 2 aliphatic rings. The third-order valence-electron chi connectivity index (χ3n) is 6.61. The number of aliphatic hydroxyl groups excluding tert-OH is 3. The van der Waals surface area contributed by atoms with Crippen molar-refractivity contribution in [3.8, 4) is 40.2 Å². The fourth-order valence-electron chi connectivity index (χ4n) is 4.79. The number of aliphatic hydroxyl groups is 3. The van der Waals surface area contributed by atoms with E-state index in [1.165, 1.54) is 26.4 Å². The number of hydrogen-bond acceptors (Lipinski definition) is 10. The number of hydrogen-bond donors (Lipinski definition) is 5. The van der Waals surface area contributed by atoms with Crippen molar-refractivity contribution in [2.24, 2.45) is 0 Å². The fourth-order valence-corrected chi connectivity index (χ4v) is 4.79. The highest BCUT2D eigenvalue weighted by atomic mass is 16.6. The van der Waals surface area contributed by atoms with Gasteiger partial charge in [0.1, 0.15) is 23.7 Å². The molecule has 10 nitrogen and oxygen atoms in total. The van der Waals surface area contributed by atoms with Crippen LogP contribution >= 0.6 is 0 Å². The second kappa shape index (κ2) is 9.55. The highest BCUT2D eigenvalue weighted by molar-refractivity contribution is 5.57. The Labute approximate surface area is 212 Å². The summed E-state index contributed by atoms with van der Waals surface area (Å²) in [6, 6.07) is 11.0. The molecule has 0 aromatic heterocycles. The van der Waals surface area contributed by atoms with Crippen LogP contribution in [0, 0.1) is 6.92 Å². The second-order valence-electron chi connectivity index (χ2n) is 9.03. The minimum Gasteiger partial charge on any atom is -0.504 e. The second-order valence-corrected chi connectivity index (χ2v) is 9.03. The van der Waals surface area contributed by atoms with Crippen molar-refractivity contribution in [1.82, 2.24) is 0 Å². The molecule has 37 heavy (non-hydrogen) atoms. The largest absolute Gasteiger partial charge is 0.504 e. The molecule has 0 spiro atoms. The maximum Gasteiger partial charge on any atom is 0.203 e. The third kappa shape index (κ3) is 4.22. The van der Waals surface area contributed by atoms with Gasteiger partial charge in [-0.05, 0) is 48.9 Å². The van der Waals surface area contributed by atoms with E-state index in [2.05, 4.69) is 0 Å². The summed E-state index contributed by atoms with van der Waals surface area (Å²) in [4.78, 5) is 0. The average molecular weight is 513 g/mol. The Hall–Kier alpha value is -3.86. The lowest BCUT2D eigenvalue weighted by Crippen LogP contribution is -2.37. The zero-order valence-electron chi connectivity index (χ0n) is 20.4. The molecule has 5 unspecified atom stereocenters. The summed E-state index contributed by atoms with van der Waals surface area (Å²) in [5.41, 5.74) is 2.07. The topological polar surface area (TPSA) is 147 Å². The van der Waals surface area contributed by atoms with E-state index in [4.69, 9.17) is 23.7 Å². The van der Waals surface area contributed by atoms with E-state index in [9.17, 15) is 25.5 Å². The van der Waals surface area contributed by atoms with Gasteiger partial charge in [-0.25, -0.2) is 0 Å². The number of rotatable bonds is 5. The van der Waals surface area contributed by atoms with Crippen molar-refractivity contribution < 1.29 is 49.2 Å². The molecule has 0 saturated carbocycles. The zero-order chi connectivity index (χ0) is 26.4. The highest BCUT2D eigenvalue weighted by Gasteiger charge is 2.41. The molecule has 0 fully saturated rings. The lowest BCUT2D eigenvalue weighted by atomic mass is 9.90. The molecule has 2 heterocycles. The van der Waals surface area contributed by atoms with Crippen molar-refractivity contribution in [1.29, 1.82) is 0 Å². The minimum atomic E-state index is -1.38. The molecular weight excluding hydrogens is 484 g/mol. The molecule has 5 atom stereocenters. The van der Waals surface area contributed by atoms with E-state index < -0.39 is 37.1 Å². The quantitative estimate of drug-likeness (QED) is 0.346. The molecule has 0 radical (unpaired) electrons. The molecule has 3 aromatic carbocycles. The van der Waals surface area contributed by atoms with Crippen LogP contribution in [-0.2, 0) is 0 Å². The summed E-state index contributed by atoms with van der Waals surface area (Å²) in [5, 5.41) is 52.5. The first kappa shape index (κ1) is 24.8. The van der Waals surface area contributed by atoms with Gasteiger partial charge >= 0.3 is 0 Å². The highest BCUT2D eigenvalue weighted by Crippen LogP contribution is 2.51. The SMILES string of the molecule is COc1cc(C2Oc3cc(C4Oc5cc(C)cc(OC)c5C(O)C4O)cc(O)c3OC2CO)ccc1O. The number of ether oxygens (including phenoxy) is 5. The molecule has 5 rings (SSSR count). The van der Waals surface area contributed by atoms with Crippen LogP contribution in [0.25, 0.3) is 0 Å². The molecule has 0 saturated heterocycles. The summed E-state index contributed by atoms with van der Waals surface area (Å²) < 4.78 is 28.7. The van der Waals surface area contributed by atoms with Crippen LogP contribution in [-0.4, -0.2) is 58.6 Å². The number of aromatic hydroxyl groups is 2. The molecule has 5 N–H and O–H groups in total. The van der Waals surface area contributed by atoms with E-state index in [0.717, 1.165) is 5.56 Å². The van der Waals surface area contributed by atoms with Gasteiger partial charge in [0.2, 0.25) is 5.75 Å². The van der Waals surface area contributed by atoms with Gasteiger partial charge in [0.05, 0.1) is 26.4 Å². The molecule has 3 aromatic rings. The first-order chi connectivity index (χ1) is 17.7. The number of benzene rings is 3. The van der Waals surface area contributed by atoms with Crippen molar-refractivity contribution >= 4 is 0 Å². The first-order valence-corrected chi connectivity index (χ1v) is 11.6. The number of fused-ring (bicyclic) bond motifs is 2. The van der Waals surface area contributed by atoms with E-state index in [0.29, 0.717) is 28.2 Å². The van der Waals surface area contributed by atoms with Gasteiger partial charge < -0.3 is 49.2 Å². The minimum absolute atomic E-state index is 0.0218. The van der Waals surface area contributed by atoms with Crippen molar-refractivity contribution in [2.75, 3.05) is 20.8 Å². The van der Waals surface area contributed by atoms with Gasteiger partial charge in [-0.3, -0.25) is 0 Å². The van der Waals surface area contributed by atoms with Gasteiger partial charge in [0.25, 0.3) is 0 Å². The molecule has 0 aliphatic carbocycles. The fraction of sp³-hybridized carbons (Fsp3) is 0.333. The van der Waals surface area contributed by atoms with Gasteiger partial charge in [-0.1, -0.05) is 6.07 Å². The number of aryl methyl sites for hydroxylation is 1. The number of phenols is 2. The van der Waals surface area contributed by atoms with Gasteiger partial charge in [-0.2, -0.15) is 0 Å². The van der Waals surface area contributed by atoms with E-state index in [1.54, 1.807) is 30.3 Å². The van der Waals surface area contributed by atoms with Crippen LogP contribution in [0.2, 0.25) is 0 Å². The zero-order valence-corrected chi connectivity index (χ0v) is 20.4. The Bertz CT molecular complexity index is 1320. The maximum atomic E-state index is 11.0. The summed E-state index contributed by atoms with van der Waals surface area (Å²) in [7, 11) is 2.89. The smallest absolute Gasteiger partial charge is 0.203 e. The van der Waals surface area contributed by atoms with Crippen molar-refractivity contribution in [2.45, 2.75) is 37.4 Å². The van der Waals surface area contributed by atoms with Crippen LogP contribution < -0.4 is 23.7 Å². The molecule has 0 bridgehead atoms. The first-order valence-electron chi connectivity index (χ1n) is 11.6. The van der Waals surface area contributed by atoms with Crippen molar-refractivity contribution in [3.63, 3.8) is 0 Å². The van der Waals surface area contributed by atoms with E-state index in [1.807, 2.05) is 6.92 Å². The van der Waals surface area contributed by atoms with Gasteiger partial charge in [-0.15, -0.1) is 0 Å². The predicted molar refractivity (Wildman–Crippen MR) is 130 cm³/mol. The lowest BCUT2D eigenvalue weighted by Gasteiger charge is -2.37. The van der Waals surface area contributed by atoms with Gasteiger partial charge in [0, 0.05) is 11.1 Å². The Morgan fingerprint density at radius 2 is 1.51 bits per heavy atom. The van der Waals surface area contributed by atoms with Gasteiger partial charge in [0.15, 0.2) is 41.3 Å². The van der Waals surface area contributed by atoms with E-state index >= 15 is 0 Å².